The molecule has 1 heterocycles. The highest BCUT2D eigenvalue weighted by Gasteiger charge is 2.34. The van der Waals surface area contributed by atoms with E-state index >= 15 is 0 Å². The van der Waals surface area contributed by atoms with Crippen molar-refractivity contribution in [1.29, 1.82) is 0 Å². The van der Waals surface area contributed by atoms with Crippen LogP contribution in [-0.4, -0.2) is 42.4 Å². The fourth-order valence-corrected chi connectivity index (χ4v) is 4.28. The lowest BCUT2D eigenvalue weighted by molar-refractivity contribution is -0.123. The Balaban J connectivity index is 1.25. The average Bonchev–Trinajstić information content (AvgIpc) is 3.11. The molecule has 0 aliphatic carbocycles. The third-order valence-electron chi connectivity index (χ3n) is 5.27. The van der Waals surface area contributed by atoms with Crippen molar-refractivity contribution in [2.45, 2.75) is 13.8 Å². The molecule has 1 fully saturated rings. The molecule has 0 aromatic heterocycles. The largest absolute Gasteiger partial charge is 0.492 e. The van der Waals surface area contributed by atoms with Gasteiger partial charge in [-0.2, -0.15) is 0 Å². The molecule has 0 atom stereocenters. The Morgan fingerprint density at radius 2 is 1.37 bits per heavy atom. The van der Waals surface area contributed by atoms with Crippen molar-refractivity contribution in [2.24, 2.45) is 0 Å². The standard InChI is InChI=1S/C28H27NO5S/c1-20-6-10-23(11-7-20)33-16-17-34-24-12-8-22(9-13-24)19-26-27(30)29(28(31)35-26)14-15-32-25-5-3-4-21(2)18-25/h3-13,18-19H,14-17H2,1-2H3/b26-19-. The minimum atomic E-state index is -0.304. The molecule has 0 spiro atoms. The van der Waals surface area contributed by atoms with Gasteiger partial charge in [0.15, 0.2) is 0 Å². The average molecular weight is 490 g/mol. The van der Waals surface area contributed by atoms with E-state index in [0.29, 0.717) is 23.9 Å². The second-order valence-corrected chi connectivity index (χ2v) is 9.07. The van der Waals surface area contributed by atoms with Crippen LogP contribution in [-0.2, 0) is 4.79 Å². The normalized spacial score (nSPS) is 14.5. The van der Waals surface area contributed by atoms with Crippen molar-refractivity contribution in [3.05, 3.63) is 94.4 Å². The second kappa shape index (κ2) is 11.6. The van der Waals surface area contributed by atoms with Crippen molar-refractivity contribution in [1.82, 2.24) is 4.90 Å². The molecule has 0 saturated carbocycles. The van der Waals surface area contributed by atoms with Crippen LogP contribution in [0.3, 0.4) is 0 Å². The van der Waals surface area contributed by atoms with E-state index in [1.165, 1.54) is 10.5 Å². The molecule has 0 bridgehead atoms. The molecule has 4 rings (SSSR count). The summed E-state index contributed by atoms with van der Waals surface area (Å²) in [6.45, 7) is 5.31. The van der Waals surface area contributed by atoms with Gasteiger partial charge in [0.2, 0.25) is 0 Å². The lowest BCUT2D eigenvalue weighted by Gasteiger charge is -2.13. The highest BCUT2D eigenvalue weighted by Crippen LogP contribution is 2.32. The van der Waals surface area contributed by atoms with Gasteiger partial charge in [-0.1, -0.05) is 42.0 Å². The number of carbonyl (C=O) groups is 2. The molecule has 6 nitrogen and oxygen atoms in total. The zero-order valence-corrected chi connectivity index (χ0v) is 20.5. The second-order valence-electron chi connectivity index (χ2n) is 8.08. The van der Waals surface area contributed by atoms with Gasteiger partial charge < -0.3 is 14.2 Å². The molecule has 3 aromatic carbocycles. The fraction of sp³-hybridized carbons (Fsp3) is 0.214. The lowest BCUT2D eigenvalue weighted by atomic mass is 10.2. The van der Waals surface area contributed by atoms with E-state index in [4.69, 9.17) is 14.2 Å². The highest BCUT2D eigenvalue weighted by molar-refractivity contribution is 8.18. The van der Waals surface area contributed by atoms with E-state index in [0.717, 1.165) is 34.4 Å². The third kappa shape index (κ3) is 6.90. The molecule has 180 valence electrons. The molecule has 7 heteroatoms. The van der Waals surface area contributed by atoms with E-state index in [1.807, 2.05) is 86.6 Å². The summed E-state index contributed by atoms with van der Waals surface area (Å²) < 4.78 is 17.1. The number of imide groups is 1. The molecule has 1 saturated heterocycles. The minimum Gasteiger partial charge on any atom is -0.492 e. The first kappa shape index (κ1) is 24.4. The Hall–Kier alpha value is -3.71. The number of thioether (sulfide) groups is 1. The molecule has 0 radical (unpaired) electrons. The Morgan fingerprint density at radius 3 is 2.03 bits per heavy atom. The van der Waals surface area contributed by atoms with Crippen LogP contribution < -0.4 is 14.2 Å². The molecule has 0 unspecified atom stereocenters. The van der Waals surface area contributed by atoms with Crippen molar-refractivity contribution in [3.8, 4) is 17.2 Å². The van der Waals surface area contributed by atoms with Crippen LogP contribution in [0.25, 0.3) is 6.08 Å². The van der Waals surface area contributed by atoms with Crippen molar-refractivity contribution < 1.29 is 23.8 Å². The maximum absolute atomic E-state index is 12.7. The SMILES string of the molecule is Cc1ccc(OCCOc2ccc(/C=C3\SC(=O)N(CCOc4cccc(C)c4)C3=O)cc2)cc1. The maximum Gasteiger partial charge on any atom is 0.293 e. The molecular weight excluding hydrogens is 462 g/mol. The van der Waals surface area contributed by atoms with Crippen LogP contribution in [0.15, 0.2) is 77.7 Å². The third-order valence-corrected chi connectivity index (χ3v) is 6.17. The highest BCUT2D eigenvalue weighted by atomic mass is 32.2. The van der Waals surface area contributed by atoms with Crippen molar-refractivity contribution >= 4 is 29.0 Å². The van der Waals surface area contributed by atoms with Gasteiger partial charge in [-0.25, -0.2) is 0 Å². The van der Waals surface area contributed by atoms with Gasteiger partial charge in [0.05, 0.1) is 11.4 Å². The number of hydrogen-bond acceptors (Lipinski definition) is 6. The summed E-state index contributed by atoms with van der Waals surface area (Å²) in [6, 6.07) is 22.9. The number of ether oxygens (including phenoxy) is 3. The van der Waals surface area contributed by atoms with E-state index in [-0.39, 0.29) is 24.3 Å². The van der Waals surface area contributed by atoms with E-state index in [2.05, 4.69) is 0 Å². The van der Waals surface area contributed by atoms with Gasteiger partial charge in [-0.05, 0) is 79.2 Å². The first-order chi connectivity index (χ1) is 17.0. The molecule has 3 aromatic rings. The number of carbonyl (C=O) groups excluding carboxylic acids is 2. The number of hydrogen-bond donors (Lipinski definition) is 0. The zero-order valence-electron chi connectivity index (χ0n) is 19.7. The zero-order chi connectivity index (χ0) is 24.6. The van der Waals surface area contributed by atoms with Crippen molar-refractivity contribution in [3.63, 3.8) is 0 Å². The lowest BCUT2D eigenvalue weighted by Crippen LogP contribution is -2.32. The summed E-state index contributed by atoms with van der Waals surface area (Å²) >= 11 is 0.940. The minimum absolute atomic E-state index is 0.202. The monoisotopic (exact) mass is 489 g/mol. The first-order valence-electron chi connectivity index (χ1n) is 11.3. The van der Waals surface area contributed by atoms with Gasteiger partial charge in [-0.3, -0.25) is 14.5 Å². The quantitative estimate of drug-likeness (QED) is 0.262. The van der Waals surface area contributed by atoms with Gasteiger partial charge in [0.1, 0.15) is 37.1 Å². The van der Waals surface area contributed by atoms with Gasteiger partial charge in [0, 0.05) is 0 Å². The van der Waals surface area contributed by atoms with Gasteiger partial charge >= 0.3 is 0 Å². The summed E-state index contributed by atoms with van der Waals surface area (Å²) in [6.07, 6.45) is 1.72. The molecular formula is C28H27NO5S. The number of aryl methyl sites for hydroxylation is 2. The summed E-state index contributed by atoms with van der Waals surface area (Å²) in [5.74, 6) is 1.93. The summed E-state index contributed by atoms with van der Waals surface area (Å²) in [7, 11) is 0. The summed E-state index contributed by atoms with van der Waals surface area (Å²) in [4.78, 5) is 26.7. The summed E-state index contributed by atoms with van der Waals surface area (Å²) in [5.41, 5.74) is 3.09. The molecule has 35 heavy (non-hydrogen) atoms. The molecule has 1 aliphatic rings. The van der Waals surface area contributed by atoms with E-state index in [1.54, 1.807) is 6.08 Å². The van der Waals surface area contributed by atoms with E-state index < -0.39 is 0 Å². The molecule has 2 amide bonds. The number of nitrogens with zero attached hydrogens (tertiary/aromatic N) is 1. The Morgan fingerprint density at radius 1 is 0.743 bits per heavy atom. The Kier molecular flexibility index (Phi) is 8.11. The van der Waals surface area contributed by atoms with Crippen molar-refractivity contribution in [2.75, 3.05) is 26.4 Å². The Bertz CT molecular complexity index is 1200. The fourth-order valence-electron chi connectivity index (χ4n) is 3.42. The van der Waals surface area contributed by atoms with Gasteiger partial charge in [-0.15, -0.1) is 0 Å². The number of benzene rings is 3. The number of rotatable bonds is 10. The Labute approximate surface area is 209 Å². The van der Waals surface area contributed by atoms with Gasteiger partial charge in [0.25, 0.3) is 11.1 Å². The predicted molar refractivity (Wildman–Crippen MR) is 138 cm³/mol. The van der Waals surface area contributed by atoms with Crippen LogP contribution in [0.2, 0.25) is 0 Å². The predicted octanol–water partition coefficient (Wildman–Crippen LogP) is 5.88. The number of amides is 2. The van der Waals surface area contributed by atoms with Crippen LogP contribution >= 0.6 is 11.8 Å². The molecule has 0 N–H and O–H groups in total. The summed E-state index contributed by atoms with van der Waals surface area (Å²) in [5, 5.41) is -0.289. The van der Waals surface area contributed by atoms with Crippen LogP contribution in [0.1, 0.15) is 16.7 Å². The smallest absolute Gasteiger partial charge is 0.293 e. The molecule has 1 aliphatic heterocycles. The van der Waals surface area contributed by atoms with Crippen LogP contribution in [0.5, 0.6) is 17.2 Å². The maximum atomic E-state index is 12.7. The van der Waals surface area contributed by atoms with Crippen LogP contribution in [0.4, 0.5) is 4.79 Å². The first-order valence-corrected chi connectivity index (χ1v) is 12.2. The van der Waals surface area contributed by atoms with Crippen LogP contribution in [0, 0.1) is 13.8 Å². The topological polar surface area (TPSA) is 65.1 Å². The van der Waals surface area contributed by atoms with E-state index in [9.17, 15) is 9.59 Å².